The van der Waals surface area contributed by atoms with Gasteiger partial charge in [0.1, 0.15) is 18.0 Å². The van der Waals surface area contributed by atoms with Crippen LogP contribution in [0.4, 0.5) is 0 Å². The van der Waals surface area contributed by atoms with Gasteiger partial charge < -0.3 is 20.9 Å². The fourth-order valence-electron chi connectivity index (χ4n) is 4.82. The molecule has 2 aromatic rings. The number of aryl methyl sites for hydroxylation is 2. The van der Waals surface area contributed by atoms with Gasteiger partial charge in [0, 0.05) is 45.0 Å². The lowest BCUT2D eigenvalue weighted by Gasteiger charge is -2.42. The Morgan fingerprint density at radius 2 is 2.06 bits per heavy atom. The second-order valence-corrected chi connectivity index (χ2v) is 9.71. The zero-order chi connectivity index (χ0) is 25.4. The normalized spacial score (nSPS) is 15.0. The number of rotatable bonds is 10. The third-order valence-electron chi connectivity index (χ3n) is 6.76. The molecule has 0 saturated carbocycles. The van der Waals surface area contributed by atoms with Crippen molar-refractivity contribution in [2.45, 2.75) is 58.2 Å². The van der Waals surface area contributed by atoms with Gasteiger partial charge in [0.15, 0.2) is 5.57 Å². The predicted octanol–water partition coefficient (Wildman–Crippen LogP) is 3.32. The van der Waals surface area contributed by atoms with Gasteiger partial charge in [0.25, 0.3) is 5.91 Å². The van der Waals surface area contributed by atoms with Gasteiger partial charge in [-0.05, 0) is 73.6 Å². The molecule has 0 unspecified atom stereocenters. The summed E-state index contributed by atoms with van der Waals surface area (Å²) in [5, 5.41) is 26.3. The van der Waals surface area contributed by atoms with E-state index in [1.807, 2.05) is 30.5 Å². The lowest BCUT2D eigenvalue weighted by Crippen LogP contribution is -2.48. The number of nitrogens with one attached hydrogen (secondary N) is 1. The Kier molecular flexibility index (Phi) is 9.25. The molecular formula is C26H33N7OS. The van der Waals surface area contributed by atoms with Crippen LogP contribution in [-0.2, 0) is 13.0 Å². The lowest BCUT2D eigenvalue weighted by molar-refractivity contribution is 0.0956. The van der Waals surface area contributed by atoms with Gasteiger partial charge in [-0.25, -0.2) is 0 Å². The molecule has 1 fully saturated rings. The van der Waals surface area contributed by atoms with Crippen LogP contribution in [0.2, 0.25) is 0 Å². The summed E-state index contributed by atoms with van der Waals surface area (Å²) in [5.74, 6) is 0.171. The van der Waals surface area contributed by atoms with Crippen molar-refractivity contribution in [2.75, 3.05) is 20.1 Å². The maximum Gasteiger partial charge on any atom is 0.250 e. The van der Waals surface area contributed by atoms with Crippen molar-refractivity contribution >= 4 is 17.2 Å². The lowest BCUT2D eigenvalue weighted by atomic mass is 9.97. The minimum Gasteiger partial charge on any atom is -0.373 e. The first-order valence-electron chi connectivity index (χ1n) is 11.9. The van der Waals surface area contributed by atoms with Crippen LogP contribution < -0.4 is 11.1 Å². The van der Waals surface area contributed by atoms with Gasteiger partial charge in [0.05, 0.1) is 11.3 Å². The first-order chi connectivity index (χ1) is 16.9. The molecule has 35 heavy (non-hydrogen) atoms. The largest absolute Gasteiger partial charge is 0.373 e. The number of pyridine rings is 1. The number of likely N-dealkylation sites (tertiary alicyclic amines) is 1. The summed E-state index contributed by atoms with van der Waals surface area (Å²) in [5.41, 5.74) is 9.04. The van der Waals surface area contributed by atoms with E-state index in [4.69, 9.17) is 5.73 Å². The van der Waals surface area contributed by atoms with Crippen LogP contribution in [0.5, 0.6) is 0 Å². The molecule has 1 aliphatic rings. The molecule has 0 aliphatic carbocycles. The number of thiophene rings is 1. The predicted molar refractivity (Wildman–Crippen MR) is 137 cm³/mol. The number of primary amides is 1. The molecule has 3 heterocycles. The minimum absolute atomic E-state index is 0.106. The van der Waals surface area contributed by atoms with Gasteiger partial charge in [-0.3, -0.25) is 9.78 Å². The number of amides is 1. The number of hydrogen-bond donors (Lipinski definition) is 2. The Hall–Kier alpha value is -3.40. The van der Waals surface area contributed by atoms with E-state index < -0.39 is 5.91 Å². The number of carbonyl (C=O) groups excluding carboxylic acids is 1. The topological polar surface area (TPSA) is 122 Å². The second kappa shape index (κ2) is 12.3. The fourth-order valence-corrected chi connectivity index (χ4v) is 5.48. The zero-order valence-corrected chi connectivity index (χ0v) is 21.4. The molecule has 1 saturated heterocycles. The Bertz CT molecular complexity index is 1110. The van der Waals surface area contributed by atoms with Crippen molar-refractivity contribution in [1.82, 2.24) is 20.1 Å². The summed E-state index contributed by atoms with van der Waals surface area (Å²) in [7, 11) is 1.77. The molecule has 1 atom stereocenters. The number of carbonyl (C=O) groups is 1. The van der Waals surface area contributed by atoms with E-state index in [-0.39, 0.29) is 11.6 Å². The Balaban J connectivity index is 1.67. The van der Waals surface area contributed by atoms with E-state index in [0.29, 0.717) is 30.4 Å². The summed E-state index contributed by atoms with van der Waals surface area (Å²) < 4.78 is 0. The third-order valence-corrected chi connectivity index (χ3v) is 7.50. The molecule has 0 radical (unpaired) electrons. The van der Waals surface area contributed by atoms with Gasteiger partial charge in [-0.1, -0.05) is 0 Å². The average molecular weight is 492 g/mol. The van der Waals surface area contributed by atoms with E-state index in [1.165, 1.54) is 5.56 Å². The molecule has 0 bridgehead atoms. The average Bonchev–Trinajstić information content (AvgIpc) is 3.38. The smallest absolute Gasteiger partial charge is 0.250 e. The summed E-state index contributed by atoms with van der Waals surface area (Å²) in [6.07, 6.45) is 5.18. The number of nitrogens with zero attached hydrogens (tertiary/aromatic N) is 5. The van der Waals surface area contributed by atoms with Gasteiger partial charge in [0.2, 0.25) is 0 Å². The highest BCUT2D eigenvalue weighted by Gasteiger charge is 2.29. The SMILES string of the molecule is CNC(=C(C#N)C#N)N(Cc1ccsc1)C1CCN([C@H](C)CCc2nccc(C)c2C(N)=O)CC1. The van der Waals surface area contributed by atoms with Gasteiger partial charge in [-0.15, -0.1) is 0 Å². The van der Waals surface area contributed by atoms with Crippen molar-refractivity contribution in [2.24, 2.45) is 5.73 Å². The third kappa shape index (κ3) is 6.39. The monoisotopic (exact) mass is 491 g/mol. The van der Waals surface area contributed by atoms with E-state index >= 15 is 0 Å². The van der Waals surface area contributed by atoms with Crippen LogP contribution in [0.3, 0.4) is 0 Å². The Morgan fingerprint density at radius 1 is 1.34 bits per heavy atom. The second-order valence-electron chi connectivity index (χ2n) is 8.93. The maximum absolute atomic E-state index is 11.9. The molecule has 0 spiro atoms. The van der Waals surface area contributed by atoms with Crippen LogP contribution in [-0.4, -0.2) is 52.9 Å². The summed E-state index contributed by atoms with van der Waals surface area (Å²) >= 11 is 1.64. The standard InChI is InChI=1S/C26H33N7OS/c1-18-6-10-31-23(24(18)25(29)34)5-4-19(2)32-11-7-22(8-12-32)33(16-20-9-13-35-17-20)26(30-3)21(14-27)15-28/h6,9-10,13,17,19,22,30H,4-5,7-8,11-12,16H2,1-3H3,(H2,29,34)/t19-/m1/s1. The Morgan fingerprint density at radius 3 is 2.63 bits per heavy atom. The summed E-state index contributed by atoms with van der Waals surface area (Å²) in [4.78, 5) is 21.0. The van der Waals surface area contributed by atoms with Crippen molar-refractivity contribution in [3.05, 3.63) is 62.9 Å². The first-order valence-corrected chi connectivity index (χ1v) is 12.8. The molecule has 3 N–H and O–H groups in total. The van der Waals surface area contributed by atoms with E-state index in [9.17, 15) is 15.3 Å². The molecule has 1 aliphatic heterocycles. The molecule has 3 rings (SSSR count). The maximum atomic E-state index is 11.9. The summed E-state index contributed by atoms with van der Waals surface area (Å²) in [6.45, 7) is 6.59. The molecule has 9 heteroatoms. The molecule has 2 aromatic heterocycles. The van der Waals surface area contributed by atoms with Gasteiger partial charge >= 0.3 is 0 Å². The van der Waals surface area contributed by atoms with Crippen molar-refractivity contribution < 1.29 is 4.79 Å². The molecule has 1 amide bonds. The number of nitriles is 2. The molecule has 8 nitrogen and oxygen atoms in total. The minimum atomic E-state index is -0.424. The van der Waals surface area contributed by atoms with Crippen LogP contribution in [0.15, 0.2) is 40.5 Å². The Labute approximate surface area is 211 Å². The van der Waals surface area contributed by atoms with Crippen molar-refractivity contribution in [1.29, 1.82) is 10.5 Å². The van der Waals surface area contributed by atoms with E-state index in [1.54, 1.807) is 24.6 Å². The number of allylic oxidation sites excluding steroid dienone is 1. The van der Waals surface area contributed by atoms with Crippen molar-refractivity contribution in [3.8, 4) is 12.1 Å². The highest BCUT2D eigenvalue weighted by Crippen LogP contribution is 2.26. The number of aromatic nitrogens is 1. The first kappa shape index (κ1) is 26.2. The number of piperidine rings is 1. The molecule has 0 aromatic carbocycles. The highest BCUT2D eigenvalue weighted by atomic mass is 32.1. The van der Waals surface area contributed by atoms with Gasteiger partial charge in [-0.2, -0.15) is 21.9 Å². The van der Waals surface area contributed by atoms with E-state index in [0.717, 1.165) is 43.6 Å². The zero-order valence-electron chi connectivity index (χ0n) is 20.6. The number of hydrogen-bond acceptors (Lipinski definition) is 8. The van der Waals surface area contributed by atoms with Crippen LogP contribution >= 0.6 is 11.3 Å². The van der Waals surface area contributed by atoms with Crippen LogP contribution in [0.1, 0.15) is 53.4 Å². The molecule has 184 valence electrons. The van der Waals surface area contributed by atoms with Crippen LogP contribution in [0, 0.1) is 29.6 Å². The highest BCUT2D eigenvalue weighted by molar-refractivity contribution is 7.07. The number of nitrogens with two attached hydrogens (primary N) is 1. The summed E-state index contributed by atoms with van der Waals surface area (Å²) in [6, 6.07) is 8.54. The van der Waals surface area contributed by atoms with E-state index in [2.05, 4.69) is 38.5 Å². The van der Waals surface area contributed by atoms with Crippen LogP contribution in [0.25, 0.3) is 0 Å². The van der Waals surface area contributed by atoms with Crippen molar-refractivity contribution in [3.63, 3.8) is 0 Å². The fraction of sp³-hybridized carbons (Fsp3) is 0.462. The quantitative estimate of drug-likeness (QED) is 0.489. The molecular weight excluding hydrogens is 458 g/mol.